The third-order valence-electron chi connectivity index (χ3n) is 3.14. The van der Waals surface area contributed by atoms with Gasteiger partial charge in [-0.3, -0.25) is 9.78 Å². The highest BCUT2D eigenvalue weighted by molar-refractivity contribution is 5.95. The average Bonchev–Trinajstić information content (AvgIpc) is 2.46. The van der Waals surface area contributed by atoms with Gasteiger partial charge in [0, 0.05) is 32.6 Å². The van der Waals surface area contributed by atoms with E-state index in [0.717, 1.165) is 6.07 Å². The van der Waals surface area contributed by atoms with Crippen molar-refractivity contribution in [2.75, 3.05) is 33.4 Å². The molecule has 0 N–H and O–H groups in total. The molecule has 8 heteroatoms. The highest BCUT2D eigenvalue weighted by Crippen LogP contribution is 2.32. The predicted molar refractivity (Wildman–Crippen MR) is 66.8 cm³/mol. The Hall–Kier alpha value is -1.67. The molecule has 0 saturated carbocycles. The number of methoxy groups -OCH3 is 1. The van der Waals surface area contributed by atoms with Gasteiger partial charge in [-0.1, -0.05) is 0 Å². The Morgan fingerprint density at radius 2 is 2.33 bits per heavy atom. The summed E-state index contributed by atoms with van der Waals surface area (Å²) in [6, 6.07) is 1.09. The maximum absolute atomic E-state index is 12.9. The Bertz CT molecular complexity index is 506. The number of nitrogens with zero attached hydrogens (tertiary/aromatic N) is 2. The third-order valence-corrected chi connectivity index (χ3v) is 3.14. The molecule has 1 aliphatic rings. The molecule has 2 rings (SSSR count). The van der Waals surface area contributed by atoms with E-state index in [9.17, 15) is 18.0 Å². The van der Waals surface area contributed by atoms with E-state index in [1.54, 1.807) is 0 Å². The van der Waals surface area contributed by atoms with Crippen molar-refractivity contribution in [1.29, 1.82) is 0 Å². The molecule has 21 heavy (non-hydrogen) atoms. The Labute approximate surface area is 119 Å². The topological polar surface area (TPSA) is 51.7 Å². The van der Waals surface area contributed by atoms with Crippen LogP contribution in [0.15, 0.2) is 18.5 Å². The Morgan fingerprint density at radius 3 is 3.00 bits per heavy atom. The van der Waals surface area contributed by atoms with E-state index in [1.807, 2.05) is 0 Å². The zero-order valence-corrected chi connectivity index (χ0v) is 11.4. The molecule has 1 aliphatic heterocycles. The second-order valence-electron chi connectivity index (χ2n) is 4.62. The lowest BCUT2D eigenvalue weighted by atomic mass is 10.1. The number of carbonyl (C=O) groups is 1. The van der Waals surface area contributed by atoms with Crippen molar-refractivity contribution >= 4 is 5.91 Å². The fraction of sp³-hybridized carbons (Fsp3) is 0.538. The largest absolute Gasteiger partial charge is 0.418 e. The summed E-state index contributed by atoms with van der Waals surface area (Å²) in [6.45, 7) is 1.00. The predicted octanol–water partition coefficient (Wildman–Crippen LogP) is 1.59. The molecule has 1 aromatic rings. The van der Waals surface area contributed by atoms with Gasteiger partial charge < -0.3 is 14.4 Å². The van der Waals surface area contributed by atoms with Crippen LogP contribution in [0.25, 0.3) is 0 Å². The van der Waals surface area contributed by atoms with E-state index < -0.39 is 23.2 Å². The summed E-state index contributed by atoms with van der Waals surface area (Å²) in [6.07, 6.45) is -3.10. The maximum atomic E-state index is 12.9. The van der Waals surface area contributed by atoms with Crippen LogP contribution in [0.2, 0.25) is 0 Å². The van der Waals surface area contributed by atoms with Gasteiger partial charge in [-0.05, 0) is 6.07 Å². The molecule has 1 fully saturated rings. The van der Waals surface area contributed by atoms with Crippen molar-refractivity contribution in [3.8, 4) is 0 Å². The van der Waals surface area contributed by atoms with Crippen LogP contribution in [-0.2, 0) is 15.7 Å². The molecule has 116 valence electrons. The van der Waals surface area contributed by atoms with Crippen LogP contribution in [-0.4, -0.2) is 55.3 Å². The average molecular weight is 304 g/mol. The fourth-order valence-corrected chi connectivity index (χ4v) is 2.17. The van der Waals surface area contributed by atoms with Gasteiger partial charge in [-0.25, -0.2) is 0 Å². The van der Waals surface area contributed by atoms with E-state index in [-0.39, 0.29) is 32.4 Å². The van der Waals surface area contributed by atoms with Gasteiger partial charge in [0.25, 0.3) is 5.91 Å². The SMILES string of the molecule is COCC1CN(C(=O)c2ccncc2C(F)(F)F)CCO1. The van der Waals surface area contributed by atoms with Crippen molar-refractivity contribution in [2.45, 2.75) is 12.3 Å². The first-order valence-corrected chi connectivity index (χ1v) is 6.34. The number of amides is 1. The molecular weight excluding hydrogens is 289 g/mol. The summed E-state index contributed by atoms with van der Waals surface area (Å²) in [4.78, 5) is 17.1. The van der Waals surface area contributed by atoms with Crippen LogP contribution in [0, 0.1) is 0 Å². The number of rotatable bonds is 3. The summed E-state index contributed by atoms with van der Waals surface area (Å²) in [5, 5.41) is 0. The van der Waals surface area contributed by atoms with Crippen molar-refractivity contribution < 1.29 is 27.4 Å². The minimum atomic E-state index is -4.61. The quantitative estimate of drug-likeness (QED) is 0.851. The lowest BCUT2D eigenvalue weighted by molar-refractivity contribution is -0.138. The second kappa shape index (κ2) is 6.40. The first-order chi connectivity index (χ1) is 9.93. The molecule has 1 amide bonds. The molecule has 1 saturated heterocycles. The second-order valence-corrected chi connectivity index (χ2v) is 4.62. The Kier molecular flexibility index (Phi) is 4.79. The number of pyridine rings is 1. The van der Waals surface area contributed by atoms with Crippen LogP contribution in [0.1, 0.15) is 15.9 Å². The lowest BCUT2D eigenvalue weighted by Crippen LogP contribution is -2.47. The molecular formula is C13H15F3N2O3. The molecule has 5 nitrogen and oxygen atoms in total. The van der Waals surface area contributed by atoms with Crippen molar-refractivity contribution in [1.82, 2.24) is 9.88 Å². The van der Waals surface area contributed by atoms with Gasteiger partial charge in [-0.15, -0.1) is 0 Å². The third kappa shape index (κ3) is 3.70. The van der Waals surface area contributed by atoms with Crippen LogP contribution >= 0.6 is 0 Å². The molecule has 0 aliphatic carbocycles. The van der Waals surface area contributed by atoms with Crippen LogP contribution in [0.5, 0.6) is 0 Å². The minimum absolute atomic E-state index is 0.201. The van der Waals surface area contributed by atoms with Gasteiger partial charge >= 0.3 is 6.18 Å². The van der Waals surface area contributed by atoms with Gasteiger partial charge in [0.05, 0.1) is 30.4 Å². The highest BCUT2D eigenvalue weighted by Gasteiger charge is 2.37. The molecule has 0 bridgehead atoms. The molecule has 1 atom stereocenters. The number of carbonyl (C=O) groups excluding carboxylic acids is 1. The van der Waals surface area contributed by atoms with Crippen molar-refractivity contribution in [2.24, 2.45) is 0 Å². The number of morpholine rings is 1. The first kappa shape index (κ1) is 15.7. The first-order valence-electron chi connectivity index (χ1n) is 6.34. The molecule has 0 spiro atoms. The summed E-state index contributed by atoms with van der Waals surface area (Å²) in [7, 11) is 1.49. The Balaban J connectivity index is 2.20. The zero-order valence-electron chi connectivity index (χ0n) is 11.4. The number of halogens is 3. The maximum Gasteiger partial charge on any atom is 0.418 e. The van der Waals surface area contributed by atoms with Gasteiger partial charge in [0.1, 0.15) is 0 Å². The van der Waals surface area contributed by atoms with Gasteiger partial charge in [0.2, 0.25) is 0 Å². The van der Waals surface area contributed by atoms with E-state index >= 15 is 0 Å². The monoisotopic (exact) mass is 304 g/mol. The molecule has 1 unspecified atom stereocenters. The minimum Gasteiger partial charge on any atom is -0.382 e. The van der Waals surface area contributed by atoms with Crippen LogP contribution < -0.4 is 0 Å². The number of aromatic nitrogens is 1. The van der Waals surface area contributed by atoms with E-state index in [2.05, 4.69) is 4.98 Å². The molecule has 0 radical (unpaired) electrons. The van der Waals surface area contributed by atoms with Crippen LogP contribution in [0.3, 0.4) is 0 Å². The van der Waals surface area contributed by atoms with E-state index in [4.69, 9.17) is 9.47 Å². The fourth-order valence-electron chi connectivity index (χ4n) is 2.17. The summed E-state index contributed by atoms with van der Waals surface area (Å²) in [5.41, 5.74) is -1.42. The summed E-state index contributed by atoms with van der Waals surface area (Å²) < 4.78 is 49.1. The lowest BCUT2D eigenvalue weighted by Gasteiger charge is -2.33. The normalized spacial score (nSPS) is 19.6. The van der Waals surface area contributed by atoms with Crippen molar-refractivity contribution in [3.63, 3.8) is 0 Å². The van der Waals surface area contributed by atoms with Crippen LogP contribution in [0.4, 0.5) is 13.2 Å². The van der Waals surface area contributed by atoms with Crippen molar-refractivity contribution in [3.05, 3.63) is 29.6 Å². The van der Waals surface area contributed by atoms with Gasteiger partial charge in [-0.2, -0.15) is 13.2 Å². The number of ether oxygens (including phenoxy) is 2. The molecule has 1 aromatic heterocycles. The smallest absolute Gasteiger partial charge is 0.382 e. The molecule has 2 heterocycles. The van der Waals surface area contributed by atoms with E-state index in [0.29, 0.717) is 6.20 Å². The molecule has 0 aromatic carbocycles. The summed E-state index contributed by atoms with van der Waals surface area (Å²) >= 11 is 0. The zero-order chi connectivity index (χ0) is 15.5. The van der Waals surface area contributed by atoms with Gasteiger partial charge in [0.15, 0.2) is 0 Å². The summed E-state index contributed by atoms with van der Waals surface area (Å²) in [5.74, 6) is -0.672. The number of hydrogen-bond acceptors (Lipinski definition) is 4. The standard InChI is InChI=1S/C13H15F3N2O3/c1-20-8-9-7-18(4-5-21-9)12(19)10-2-3-17-6-11(10)13(14,15)16/h2-3,6,9H,4-5,7-8H2,1H3. The number of alkyl halides is 3. The highest BCUT2D eigenvalue weighted by atomic mass is 19.4. The Morgan fingerprint density at radius 1 is 1.57 bits per heavy atom. The number of hydrogen-bond donors (Lipinski definition) is 0. The van der Waals surface area contributed by atoms with E-state index in [1.165, 1.54) is 18.2 Å².